The van der Waals surface area contributed by atoms with Gasteiger partial charge < -0.3 is 14.6 Å². The minimum atomic E-state index is -1.12. The standard InChI is InChI=1S/C23H34O4/c1-15(24)23(25)9-7-19-17-5-4-16-14-22(26-12-13-27-22)11-10-20(16,2)18(17)6-8-21(19,23)3/h4,17-19,25H,5-14H2,1-3H3/t17-,18+,19-,20+,21+,23+/m1/s1. The molecule has 1 N–H and O–H groups in total. The van der Waals surface area contributed by atoms with Crippen molar-refractivity contribution in [2.45, 2.75) is 83.5 Å². The molecule has 4 fully saturated rings. The van der Waals surface area contributed by atoms with Crippen LogP contribution in [0.2, 0.25) is 0 Å². The van der Waals surface area contributed by atoms with Crippen LogP contribution in [-0.2, 0) is 14.3 Å². The smallest absolute Gasteiger partial charge is 0.172 e. The van der Waals surface area contributed by atoms with E-state index in [4.69, 9.17) is 9.47 Å². The molecular weight excluding hydrogens is 340 g/mol. The Morgan fingerprint density at radius 1 is 1.07 bits per heavy atom. The van der Waals surface area contributed by atoms with Crippen molar-refractivity contribution in [3.63, 3.8) is 0 Å². The molecule has 3 saturated carbocycles. The van der Waals surface area contributed by atoms with Gasteiger partial charge in [0.1, 0.15) is 5.60 Å². The Balaban J connectivity index is 1.46. The third-order valence-electron chi connectivity index (χ3n) is 9.66. The zero-order valence-electron chi connectivity index (χ0n) is 17.1. The number of carbonyl (C=O) groups is 1. The molecule has 0 aromatic heterocycles. The lowest BCUT2D eigenvalue weighted by molar-refractivity contribution is -0.188. The van der Waals surface area contributed by atoms with Crippen LogP contribution in [0.15, 0.2) is 11.6 Å². The van der Waals surface area contributed by atoms with Gasteiger partial charge in [0, 0.05) is 18.3 Å². The van der Waals surface area contributed by atoms with E-state index < -0.39 is 5.60 Å². The summed E-state index contributed by atoms with van der Waals surface area (Å²) in [5, 5.41) is 11.3. The number of fused-ring (bicyclic) bond motifs is 5. The monoisotopic (exact) mass is 374 g/mol. The van der Waals surface area contributed by atoms with Crippen LogP contribution >= 0.6 is 0 Å². The van der Waals surface area contributed by atoms with Crippen molar-refractivity contribution in [3.8, 4) is 0 Å². The Morgan fingerprint density at radius 3 is 2.48 bits per heavy atom. The summed E-state index contributed by atoms with van der Waals surface area (Å²) in [7, 11) is 0. The molecule has 1 saturated heterocycles. The maximum absolute atomic E-state index is 12.3. The molecule has 5 aliphatic rings. The largest absolute Gasteiger partial charge is 0.382 e. The Hall–Kier alpha value is -0.710. The summed E-state index contributed by atoms with van der Waals surface area (Å²) in [6.45, 7) is 7.69. The molecule has 1 heterocycles. The second kappa shape index (κ2) is 5.67. The summed E-state index contributed by atoms with van der Waals surface area (Å²) in [5.74, 6) is 1.31. The number of hydrogen-bond acceptors (Lipinski definition) is 4. The molecule has 5 rings (SSSR count). The van der Waals surface area contributed by atoms with Crippen LogP contribution in [0.25, 0.3) is 0 Å². The van der Waals surface area contributed by atoms with Crippen LogP contribution in [0.3, 0.4) is 0 Å². The van der Waals surface area contributed by atoms with E-state index in [2.05, 4.69) is 19.9 Å². The van der Waals surface area contributed by atoms with Crippen LogP contribution in [-0.4, -0.2) is 35.5 Å². The van der Waals surface area contributed by atoms with Crippen molar-refractivity contribution in [1.29, 1.82) is 0 Å². The zero-order valence-corrected chi connectivity index (χ0v) is 17.1. The Bertz CT molecular complexity index is 692. The number of allylic oxidation sites excluding steroid dienone is 1. The highest BCUT2D eigenvalue weighted by Crippen LogP contribution is 2.68. The van der Waals surface area contributed by atoms with Gasteiger partial charge in [-0.15, -0.1) is 0 Å². The molecule has 6 atom stereocenters. The van der Waals surface area contributed by atoms with Crippen molar-refractivity contribution < 1.29 is 19.4 Å². The summed E-state index contributed by atoms with van der Waals surface area (Å²) in [5.41, 5.74) is 0.396. The molecule has 150 valence electrons. The fourth-order valence-electron chi connectivity index (χ4n) is 7.94. The summed E-state index contributed by atoms with van der Waals surface area (Å²) >= 11 is 0. The summed E-state index contributed by atoms with van der Waals surface area (Å²) in [6.07, 6.45) is 10.3. The second-order valence-corrected chi connectivity index (χ2v) is 10.5. The number of hydrogen-bond donors (Lipinski definition) is 1. The third-order valence-corrected chi connectivity index (χ3v) is 9.66. The highest BCUT2D eigenvalue weighted by molar-refractivity contribution is 5.86. The van der Waals surface area contributed by atoms with E-state index in [0.717, 1.165) is 58.2 Å². The van der Waals surface area contributed by atoms with E-state index in [1.807, 2.05) is 0 Å². The van der Waals surface area contributed by atoms with Crippen molar-refractivity contribution >= 4 is 5.78 Å². The van der Waals surface area contributed by atoms with Gasteiger partial charge >= 0.3 is 0 Å². The molecule has 4 nitrogen and oxygen atoms in total. The summed E-state index contributed by atoms with van der Waals surface area (Å²) < 4.78 is 12.0. The topological polar surface area (TPSA) is 55.8 Å². The first-order valence-electron chi connectivity index (χ1n) is 11.0. The van der Waals surface area contributed by atoms with E-state index >= 15 is 0 Å². The maximum atomic E-state index is 12.3. The SMILES string of the molecule is CC(=O)[C@@]1(O)CC[C@@H]2[C@@H]3CC=C4CC5(CC[C@]4(C)[C@H]3CC[C@@]21C)OCCO5. The molecule has 27 heavy (non-hydrogen) atoms. The fraction of sp³-hybridized carbons (Fsp3) is 0.870. The van der Waals surface area contributed by atoms with Gasteiger partial charge in [0.25, 0.3) is 0 Å². The average Bonchev–Trinajstić information content (AvgIpc) is 3.19. The van der Waals surface area contributed by atoms with Gasteiger partial charge in [-0.2, -0.15) is 0 Å². The first kappa shape index (κ1) is 18.3. The lowest BCUT2D eigenvalue weighted by atomic mass is 9.46. The van der Waals surface area contributed by atoms with E-state index in [9.17, 15) is 9.90 Å². The molecule has 0 unspecified atom stereocenters. The number of aliphatic hydroxyl groups is 1. The van der Waals surface area contributed by atoms with E-state index in [0.29, 0.717) is 24.2 Å². The van der Waals surface area contributed by atoms with Crippen LogP contribution < -0.4 is 0 Å². The Kier molecular flexibility index (Phi) is 3.85. The number of ketones is 1. The quantitative estimate of drug-likeness (QED) is 0.705. The first-order valence-corrected chi connectivity index (χ1v) is 11.0. The minimum Gasteiger partial charge on any atom is -0.382 e. The van der Waals surface area contributed by atoms with Crippen molar-refractivity contribution in [2.75, 3.05) is 13.2 Å². The molecule has 0 radical (unpaired) electrons. The third kappa shape index (κ3) is 2.24. The van der Waals surface area contributed by atoms with Gasteiger partial charge in [0.05, 0.1) is 13.2 Å². The molecule has 0 bridgehead atoms. The molecule has 1 aliphatic heterocycles. The van der Waals surface area contributed by atoms with Crippen molar-refractivity contribution in [3.05, 3.63) is 11.6 Å². The van der Waals surface area contributed by atoms with Gasteiger partial charge in [-0.05, 0) is 68.6 Å². The van der Waals surface area contributed by atoms with Gasteiger partial charge in [-0.1, -0.05) is 25.5 Å². The van der Waals surface area contributed by atoms with Crippen molar-refractivity contribution in [2.24, 2.45) is 28.6 Å². The van der Waals surface area contributed by atoms with Crippen LogP contribution in [0.4, 0.5) is 0 Å². The van der Waals surface area contributed by atoms with Gasteiger partial charge in [0.15, 0.2) is 11.6 Å². The number of ether oxygens (including phenoxy) is 2. The molecule has 4 heteroatoms. The van der Waals surface area contributed by atoms with Gasteiger partial charge in [0.2, 0.25) is 0 Å². The van der Waals surface area contributed by atoms with Gasteiger partial charge in [-0.25, -0.2) is 0 Å². The second-order valence-electron chi connectivity index (χ2n) is 10.5. The fourth-order valence-corrected chi connectivity index (χ4v) is 7.94. The van der Waals surface area contributed by atoms with E-state index in [1.165, 1.54) is 0 Å². The number of Topliss-reactive ketones (excluding diaryl/α,β-unsaturated/α-hetero) is 1. The normalized spacial score (nSPS) is 50.7. The molecular formula is C23H34O4. The Morgan fingerprint density at radius 2 is 1.78 bits per heavy atom. The molecule has 4 aliphatic carbocycles. The van der Waals surface area contributed by atoms with E-state index in [-0.39, 0.29) is 22.4 Å². The zero-order chi connectivity index (χ0) is 19.1. The lowest BCUT2D eigenvalue weighted by Gasteiger charge is -2.59. The summed E-state index contributed by atoms with van der Waals surface area (Å²) in [6, 6.07) is 0. The predicted octanol–water partition coefficient (Wildman–Crippen LogP) is 4.01. The minimum absolute atomic E-state index is 0.0284. The van der Waals surface area contributed by atoms with Crippen LogP contribution in [0.1, 0.15) is 72.1 Å². The number of rotatable bonds is 1. The average molecular weight is 375 g/mol. The van der Waals surface area contributed by atoms with Crippen molar-refractivity contribution in [1.82, 2.24) is 0 Å². The van der Waals surface area contributed by atoms with Crippen LogP contribution in [0, 0.1) is 28.6 Å². The van der Waals surface area contributed by atoms with E-state index in [1.54, 1.807) is 12.5 Å². The molecule has 0 aromatic rings. The highest BCUT2D eigenvalue weighted by Gasteiger charge is 2.65. The summed E-state index contributed by atoms with van der Waals surface area (Å²) in [4.78, 5) is 12.3. The Labute approximate surface area is 162 Å². The molecule has 0 aromatic carbocycles. The lowest BCUT2D eigenvalue weighted by Crippen LogP contribution is -2.57. The molecule has 1 spiro atoms. The van der Waals surface area contributed by atoms with Gasteiger partial charge in [-0.3, -0.25) is 4.79 Å². The molecule has 0 amide bonds. The predicted molar refractivity (Wildman–Crippen MR) is 102 cm³/mol. The number of carbonyl (C=O) groups excluding carboxylic acids is 1. The first-order chi connectivity index (χ1) is 12.7. The highest BCUT2D eigenvalue weighted by atomic mass is 16.7. The maximum Gasteiger partial charge on any atom is 0.172 e. The van der Waals surface area contributed by atoms with Crippen LogP contribution in [0.5, 0.6) is 0 Å².